The first-order valence-electron chi connectivity index (χ1n) is 14.3. The molecule has 1 N–H and O–H groups in total. The van der Waals surface area contributed by atoms with E-state index in [0.717, 1.165) is 43.8 Å². The van der Waals surface area contributed by atoms with Crippen LogP contribution in [0.2, 0.25) is 0 Å². The van der Waals surface area contributed by atoms with Crippen LogP contribution in [0.3, 0.4) is 0 Å². The fourth-order valence-corrected chi connectivity index (χ4v) is 5.64. The van der Waals surface area contributed by atoms with Gasteiger partial charge in [-0.3, -0.25) is 4.79 Å². The number of nitrogens with zero attached hydrogens (tertiary/aromatic N) is 3. The molecule has 0 aliphatic carbocycles. The number of hydrogen-bond acceptors (Lipinski definition) is 5. The molecule has 7 heteroatoms. The van der Waals surface area contributed by atoms with E-state index in [1.165, 1.54) is 11.1 Å². The SMILES string of the molecule is Cc1ccc(N(C)C(=S)Oc2ccc(C(=O)Nc3ccc4nc5c6ccccc6c6ccccc6c5nc4c3)cc2)cc1C. The molecule has 1 heterocycles. The molecule has 0 unspecified atom stereocenters. The van der Waals surface area contributed by atoms with Gasteiger partial charge in [-0.1, -0.05) is 54.6 Å². The second-order valence-corrected chi connectivity index (χ2v) is 11.2. The standard InChI is InChI=1S/C37H28N4O2S/c1-22-12-16-26(20-23(22)2)41(3)37(44)43-27-17-13-24(14-18-27)36(42)38-25-15-19-32-33(21-25)40-35-31-11-7-5-9-29(31)28-8-4-6-10-30(28)34(35)39-32/h4-21H,1-3H3,(H,38,42). The minimum atomic E-state index is -0.240. The summed E-state index contributed by atoms with van der Waals surface area (Å²) in [6.45, 7) is 4.14. The maximum Gasteiger partial charge on any atom is 0.269 e. The van der Waals surface area contributed by atoms with Crippen molar-refractivity contribution in [2.75, 3.05) is 17.3 Å². The van der Waals surface area contributed by atoms with Crippen molar-refractivity contribution >= 4 is 78.3 Å². The van der Waals surface area contributed by atoms with Crippen LogP contribution in [0.25, 0.3) is 43.6 Å². The summed E-state index contributed by atoms with van der Waals surface area (Å²) in [6, 6.07) is 35.2. The molecule has 1 aromatic heterocycles. The zero-order valence-corrected chi connectivity index (χ0v) is 25.3. The second kappa shape index (κ2) is 11.0. The van der Waals surface area contributed by atoms with Gasteiger partial charge in [0, 0.05) is 34.8 Å². The highest BCUT2D eigenvalue weighted by atomic mass is 32.1. The van der Waals surface area contributed by atoms with E-state index in [2.05, 4.69) is 55.6 Å². The van der Waals surface area contributed by atoms with E-state index >= 15 is 0 Å². The lowest BCUT2D eigenvalue weighted by Gasteiger charge is -2.21. The highest BCUT2D eigenvalue weighted by Crippen LogP contribution is 2.34. The summed E-state index contributed by atoms with van der Waals surface area (Å²) >= 11 is 5.52. The van der Waals surface area contributed by atoms with Crippen LogP contribution >= 0.6 is 12.2 Å². The predicted molar refractivity (Wildman–Crippen MR) is 184 cm³/mol. The molecule has 7 aromatic rings. The van der Waals surface area contributed by atoms with Gasteiger partial charge in [0.15, 0.2) is 0 Å². The van der Waals surface area contributed by atoms with E-state index in [4.69, 9.17) is 26.9 Å². The molecule has 0 saturated heterocycles. The summed E-state index contributed by atoms with van der Waals surface area (Å²) in [6.07, 6.45) is 0. The highest BCUT2D eigenvalue weighted by Gasteiger charge is 2.14. The molecular formula is C37H28N4O2S. The Labute approximate surface area is 259 Å². The Kier molecular flexibility index (Phi) is 6.87. The van der Waals surface area contributed by atoms with Crippen LogP contribution in [-0.2, 0) is 0 Å². The normalized spacial score (nSPS) is 11.2. The molecule has 6 aromatic carbocycles. The van der Waals surface area contributed by atoms with Gasteiger partial charge in [-0.15, -0.1) is 0 Å². The largest absolute Gasteiger partial charge is 0.432 e. The number of anilines is 2. The summed E-state index contributed by atoms with van der Waals surface area (Å²) in [5.41, 5.74) is 7.66. The van der Waals surface area contributed by atoms with Crippen LogP contribution in [0.15, 0.2) is 109 Å². The zero-order chi connectivity index (χ0) is 30.4. The van der Waals surface area contributed by atoms with Crippen molar-refractivity contribution in [1.29, 1.82) is 0 Å². The number of aryl methyl sites for hydroxylation is 2. The highest BCUT2D eigenvalue weighted by molar-refractivity contribution is 7.80. The van der Waals surface area contributed by atoms with Crippen LogP contribution in [0, 0.1) is 13.8 Å². The van der Waals surface area contributed by atoms with E-state index in [9.17, 15) is 4.79 Å². The Morgan fingerprint density at radius 2 is 1.32 bits per heavy atom. The van der Waals surface area contributed by atoms with Crippen molar-refractivity contribution in [3.05, 3.63) is 126 Å². The lowest BCUT2D eigenvalue weighted by atomic mass is 9.99. The molecule has 0 atom stereocenters. The number of rotatable bonds is 4. The zero-order valence-electron chi connectivity index (χ0n) is 24.5. The number of benzene rings is 6. The van der Waals surface area contributed by atoms with E-state index in [1.807, 2.05) is 60.5 Å². The van der Waals surface area contributed by atoms with Gasteiger partial charge in [-0.05, 0) is 103 Å². The number of aromatic nitrogens is 2. The van der Waals surface area contributed by atoms with E-state index in [1.54, 1.807) is 24.3 Å². The number of ether oxygens (including phenoxy) is 1. The summed E-state index contributed by atoms with van der Waals surface area (Å²) in [5, 5.41) is 7.72. The molecule has 0 spiro atoms. The summed E-state index contributed by atoms with van der Waals surface area (Å²) in [4.78, 5) is 25.0. The third-order valence-corrected chi connectivity index (χ3v) is 8.41. The van der Waals surface area contributed by atoms with Gasteiger partial charge in [-0.25, -0.2) is 9.97 Å². The first-order valence-corrected chi connectivity index (χ1v) is 14.7. The molecular weight excluding hydrogens is 565 g/mol. The Balaban J connectivity index is 1.12. The quantitative estimate of drug-likeness (QED) is 0.125. The first-order chi connectivity index (χ1) is 21.4. The number of thiocarbonyl (C=S) groups is 1. The maximum absolute atomic E-state index is 13.1. The molecule has 0 saturated carbocycles. The van der Waals surface area contributed by atoms with Gasteiger partial charge in [0.2, 0.25) is 0 Å². The Morgan fingerprint density at radius 1 is 0.705 bits per heavy atom. The molecule has 214 valence electrons. The van der Waals surface area contributed by atoms with Crippen LogP contribution in [0.5, 0.6) is 5.75 Å². The number of carbonyl (C=O) groups is 1. The average molecular weight is 593 g/mol. The third kappa shape index (κ3) is 4.97. The molecule has 0 aliphatic heterocycles. The Bertz CT molecular complexity index is 2260. The van der Waals surface area contributed by atoms with E-state index < -0.39 is 0 Å². The van der Waals surface area contributed by atoms with Gasteiger partial charge in [0.05, 0.1) is 22.1 Å². The van der Waals surface area contributed by atoms with Gasteiger partial charge < -0.3 is 15.0 Å². The minimum Gasteiger partial charge on any atom is -0.432 e. The summed E-state index contributed by atoms with van der Waals surface area (Å²) < 4.78 is 5.90. The molecule has 0 bridgehead atoms. The number of fused-ring (bicyclic) bond motifs is 7. The summed E-state index contributed by atoms with van der Waals surface area (Å²) in [5.74, 6) is 0.311. The maximum atomic E-state index is 13.1. The lowest BCUT2D eigenvalue weighted by Crippen LogP contribution is -2.29. The predicted octanol–water partition coefficient (Wildman–Crippen LogP) is 8.76. The smallest absolute Gasteiger partial charge is 0.269 e. The van der Waals surface area contributed by atoms with Crippen molar-refractivity contribution in [2.24, 2.45) is 0 Å². The third-order valence-electron chi connectivity index (χ3n) is 8.05. The topological polar surface area (TPSA) is 67.3 Å². The fourth-order valence-electron chi connectivity index (χ4n) is 5.44. The Morgan fingerprint density at radius 3 is 1.95 bits per heavy atom. The van der Waals surface area contributed by atoms with Gasteiger partial charge in [-0.2, -0.15) is 0 Å². The van der Waals surface area contributed by atoms with Crippen LogP contribution in [0.4, 0.5) is 11.4 Å². The van der Waals surface area contributed by atoms with Gasteiger partial charge >= 0.3 is 0 Å². The molecule has 0 fully saturated rings. The molecule has 44 heavy (non-hydrogen) atoms. The molecule has 1 amide bonds. The molecule has 6 nitrogen and oxygen atoms in total. The van der Waals surface area contributed by atoms with Gasteiger partial charge in [0.25, 0.3) is 11.1 Å². The molecule has 0 radical (unpaired) electrons. The monoisotopic (exact) mass is 592 g/mol. The second-order valence-electron chi connectivity index (χ2n) is 10.9. The average Bonchev–Trinajstić information content (AvgIpc) is 3.05. The minimum absolute atomic E-state index is 0.240. The van der Waals surface area contributed by atoms with Crippen molar-refractivity contribution in [3.8, 4) is 5.75 Å². The molecule has 7 rings (SSSR count). The number of nitrogens with one attached hydrogen (secondary N) is 1. The lowest BCUT2D eigenvalue weighted by molar-refractivity contribution is 0.102. The van der Waals surface area contributed by atoms with Crippen LogP contribution in [-0.4, -0.2) is 28.1 Å². The van der Waals surface area contributed by atoms with Crippen molar-refractivity contribution in [1.82, 2.24) is 9.97 Å². The van der Waals surface area contributed by atoms with Crippen LogP contribution < -0.4 is 15.0 Å². The number of amides is 1. The number of hydrogen-bond donors (Lipinski definition) is 1. The van der Waals surface area contributed by atoms with E-state index in [0.29, 0.717) is 27.7 Å². The fraction of sp³-hybridized carbons (Fsp3) is 0.0811. The Hall–Kier alpha value is -5.40. The summed E-state index contributed by atoms with van der Waals surface area (Å²) in [7, 11) is 1.87. The first kappa shape index (κ1) is 27.4. The number of carbonyl (C=O) groups excluding carboxylic acids is 1. The molecule has 0 aliphatic rings. The van der Waals surface area contributed by atoms with Crippen LogP contribution in [0.1, 0.15) is 21.5 Å². The van der Waals surface area contributed by atoms with Gasteiger partial charge in [0.1, 0.15) is 5.75 Å². The van der Waals surface area contributed by atoms with Crippen molar-refractivity contribution < 1.29 is 9.53 Å². The van der Waals surface area contributed by atoms with E-state index in [-0.39, 0.29) is 5.91 Å². The van der Waals surface area contributed by atoms with Crippen molar-refractivity contribution in [3.63, 3.8) is 0 Å². The van der Waals surface area contributed by atoms with Crippen molar-refractivity contribution in [2.45, 2.75) is 13.8 Å².